The van der Waals surface area contributed by atoms with E-state index in [1.807, 2.05) is 13.8 Å². The highest BCUT2D eigenvalue weighted by Crippen LogP contribution is 2.39. The first-order valence-corrected chi connectivity index (χ1v) is 11.3. The van der Waals surface area contributed by atoms with Crippen LogP contribution in [0.4, 0.5) is 0 Å². The first-order valence-electron chi connectivity index (χ1n) is 11.3. The van der Waals surface area contributed by atoms with Gasteiger partial charge in [-0.1, -0.05) is 0 Å². The Bertz CT molecular complexity index is 990. The molecule has 176 valence electrons. The van der Waals surface area contributed by atoms with Crippen LogP contribution in [0, 0.1) is 0 Å². The number of hydrogen-bond acceptors (Lipinski definition) is 7. The molecule has 0 aliphatic carbocycles. The van der Waals surface area contributed by atoms with Crippen LogP contribution in [0.15, 0.2) is 52.7 Å². The monoisotopic (exact) mass is 454 g/mol. The van der Waals surface area contributed by atoms with Gasteiger partial charge in [-0.25, -0.2) is 0 Å². The molecule has 2 aromatic rings. The van der Waals surface area contributed by atoms with E-state index < -0.39 is 17.7 Å². The second-order valence-electron chi connectivity index (χ2n) is 8.51. The van der Waals surface area contributed by atoms with Crippen molar-refractivity contribution in [2.24, 2.45) is 0 Å². The van der Waals surface area contributed by atoms with E-state index in [0.29, 0.717) is 43.3 Å². The Hall–Kier alpha value is -3.10. The number of aliphatic hydroxyl groups excluding tert-OH is 1. The van der Waals surface area contributed by atoms with E-state index in [1.165, 1.54) is 11.2 Å². The number of ether oxygens (including phenoxy) is 2. The summed E-state index contributed by atoms with van der Waals surface area (Å²) in [6, 6.07) is 9.48. The van der Waals surface area contributed by atoms with Crippen LogP contribution in [0.3, 0.4) is 0 Å². The summed E-state index contributed by atoms with van der Waals surface area (Å²) in [7, 11) is 0. The Morgan fingerprint density at radius 1 is 1.12 bits per heavy atom. The number of morpholine rings is 1. The molecule has 0 radical (unpaired) electrons. The van der Waals surface area contributed by atoms with Gasteiger partial charge in [0.2, 0.25) is 0 Å². The zero-order valence-corrected chi connectivity index (χ0v) is 19.0. The van der Waals surface area contributed by atoms with Gasteiger partial charge in [-0.3, -0.25) is 14.5 Å². The van der Waals surface area contributed by atoms with Gasteiger partial charge in [0.05, 0.1) is 31.2 Å². The summed E-state index contributed by atoms with van der Waals surface area (Å²) in [5.74, 6) is -0.446. The second-order valence-corrected chi connectivity index (χ2v) is 8.51. The molecule has 33 heavy (non-hydrogen) atoms. The van der Waals surface area contributed by atoms with E-state index in [9.17, 15) is 14.7 Å². The van der Waals surface area contributed by atoms with Gasteiger partial charge in [0.25, 0.3) is 11.7 Å². The van der Waals surface area contributed by atoms with Crippen molar-refractivity contribution in [2.45, 2.75) is 32.4 Å². The number of carbonyl (C=O) groups is 2. The molecular weight excluding hydrogens is 424 g/mol. The second kappa shape index (κ2) is 10.2. The summed E-state index contributed by atoms with van der Waals surface area (Å²) in [6.07, 6.45) is 2.22. The number of likely N-dealkylation sites (tertiary alicyclic amines) is 1. The van der Waals surface area contributed by atoms with Crippen molar-refractivity contribution in [2.75, 3.05) is 39.4 Å². The number of nitrogens with zero attached hydrogens (tertiary/aromatic N) is 2. The molecule has 2 aliphatic rings. The van der Waals surface area contributed by atoms with Gasteiger partial charge in [-0.15, -0.1) is 0 Å². The zero-order valence-electron chi connectivity index (χ0n) is 19.0. The molecule has 0 spiro atoms. The molecule has 0 unspecified atom stereocenters. The number of Topliss-reactive ketones (excluding diaryl/α,β-unsaturated/α-hetero) is 1. The third-order valence-electron chi connectivity index (χ3n) is 5.83. The fraction of sp³-hybridized carbons (Fsp3) is 0.440. The summed E-state index contributed by atoms with van der Waals surface area (Å²) in [5.41, 5.74) is 0.479. The van der Waals surface area contributed by atoms with E-state index in [1.54, 1.807) is 36.4 Å². The minimum Gasteiger partial charge on any atom is -0.507 e. The van der Waals surface area contributed by atoms with Gasteiger partial charge in [0.1, 0.15) is 23.3 Å². The Morgan fingerprint density at radius 3 is 2.48 bits per heavy atom. The lowest BCUT2D eigenvalue weighted by atomic mass is 9.99. The van der Waals surface area contributed by atoms with Crippen LogP contribution in [0.1, 0.15) is 37.6 Å². The number of furan rings is 1. The maximum atomic E-state index is 13.0. The largest absolute Gasteiger partial charge is 0.507 e. The molecule has 1 N–H and O–H groups in total. The Kier molecular flexibility index (Phi) is 7.15. The molecule has 1 atom stereocenters. The molecule has 4 rings (SSSR count). The summed E-state index contributed by atoms with van der Waals surface area (Å²) in [4.78, 5) is 29.7. The minimum atomic E-state index is -0.767. The number of amides is 1. The van der Waals surface area contributed by atoms with Gasteiger partial charge < -0.3 is 23.9 Å². The van der Waals surface area contributed by atoms with Crippen LogP contribution in [0.5, 0.6) is 5.75 Å². The van der Waals surface area contributed by atoms with Gasteiger partial charge in [-0.05, 0) is 56.7 Å². The highest BCUT2D eigenvalue weighted by molar-refractivity contribution is 6.46. The molecule has 0 saturated carbocycles. The van der Waals surface area contributed by atoms with Gasteiger partial charge in [-0.2, -0.15) is 0 Å². The van der Waals surface area contributed by atoms with E-state index in [4.69, 9.17) is 13.9 Å². The van der Waals surface area contributed by atoms with Crippen LogP contribution in [-0.2, 0) is 14.3 Å². The number of carbonyl (C=O) groups excluding carboxylic acids is 2. The summed E-state index contributed by atoms with van der Waals surface area (Å²) in [5, 5.41) is 11.1. The maximum Gasteiger partial charge on any atom is 0.295 e. The molecule has 3 heterocycles. The average Bonchev–Trinajstić information content (AvgIpc) is 3.42. The van der Waals surface area contributed by atoms with Crippen molar-refractivity contribution < 1.29 is 28.6 Å². The molecule has 0 bridgehead atoms. The molecular formula is C25H30N2O6. The number of hydrogen-bond donors (Lipinski definition) is 1. The summed E-state index contributed by atoms with van der Waals surface area (Å²) >= 11 is 0. The minimum absolute atomic E-state index is 0.0196. The van der Waals surface area contributed by atoms with E-state index in [2.05, 4.69) is 4.90 Å². The Labute approximate surface area is 193 Å². The van der Waals surface area contributed by atoms with E-state index >= 15 is 0 Å². The van der Waals surface area contributed by atoms with Gasteiger partial charge in [0.15, 0.2) is 0 Å². The normalized spacial score (nSPS) is 21.2. The highest BCUT2D eigenvalue weighted by Gasteiger charge is 2.47. The van der Waals surface area contributed by atoms with Gasteiger partial charge in [0, 0.05) is 31.7 Å². The third-order valence-corrected chi connectivity index (χ3v) is 5.83. The average molecular weight is 455 g/mol. The lowest BCUT2D eigenvalue weighted by Crippen LogP contribution is -2.38. The lowest BCUT2D eigenvalue weighted by molar-refractivity contribution is -0.140. The Balaban J connectivity index is 1.59. The van der Waals surface area contributed by atoms with Crippen LogP contribution in [0.2, 0.25) is 0 Å². The first kappa shape index (κ1) is 23.1. The molecule has 2 fully saturated rings. The quantitative estimate of drug-likeness (QED) is 0.372. The lowest BCUT2D eigenvalue weighted by Gasteiger charge is -2.28. The van der Waals surface area contributed by atoms with Crippen LogP contribution >= 0.6 is 0 Å². The molecule has 2 saturated heterocycles. The van der Waals surface area contributed by atoms with Crippen LogP contribution in [0.25, 0.3) is 5.76 Å². The van der Waals surface area contributed by atoms with Crippen LogP contribution < -0.4 is 4.74 Å². The number of aliphatic hydroxyl groups is 1. The number of rotatable bonds is 8. The van der Waals surface area contributed by atoms with E-state index in [-0.39, 0.29) is 17.4 Å². The van der Waals surface area contributed by atoms with Crippen LogP contribution in [-0.4, -0.2) is 72.1 Å². The summed E-state index contributed by atoms with van der Waals surface area (Å²) < 4.78 is 16.6. The highest BCUT2D eigenvalue weighted by atomic mass is 16.5. The molecule has 8 heteroatoms. The van der Waals surface area contributed by atoms with Crippen molar-refractivity contribution in [3.8, 4) is 5.75 Å². The van der Waals surface area contributed by atoms with Crippen molar-refractivity contribution in [1.29, 1.82) is 0 Å². The predicted octanol–water partition coefficient (Wildman–Crippen LogP) is 3.21. The first-order chi connectivity index (χ1) is 16.0. The third kappa shape index (κ3) is 5.12. The van der Waals surface area contributed by atoms with Crippen molar-refractivity contribution in [3.05, 3.63) is 59.6 Å². The molecule has 1 amide bonds. The SMILES string of the molecule is CC(C)Oc1ccc(C(O)=C2C(=O)C(=O)N(CCCN3CCOCC3)[C@H]2c2ccco2)cc1. The Morgan fingerprint density at radius 2 is 1.85 bits per heavy atom. The summed E-state index contributed by atoms with van der Waals surface area (Å²) in [6.45, 7) is 8.17. The smallest absolute Gasteiger partial charge is 0.295 e. The zero-order chi connectivity index (χ0) is 23.4. The molecule has 2 aliphatic heterocycles. The molecule has 8 nitrogen and oxygen atoms in total. The number of ketones is 1. The standard InChI is InChI=1S/C25H30N2O6/c1-17(2)33-19-8-6-18(7-9-19)23(28)21-22(20-5-3-14-32-20)27(25(30)24(21)29)11-4-10-26-12-15-31-16-13-26/h3,5-9,14,17,22,28H,4,10-13,15-16H2,1-2H3/t22-/m0/s1. The molecule has 1 aromatic heterocycles. The van der Waals surface area contributed by atoms with Crippen molar-refractivity contribution in [1.82, 2.24) is 9.80 Å². The predicted molar refractivity (Wildman–Crippen MR) is 122 cm³/mol. The fourth-order valence-corrected chi connectivity index (χ4v) is 4.26. The fourth-order valence-electron chi connectivity index (χ4n) is 4.26. The van der Waals surface area contributed by atoms with Crippen molar-refractivity contribution in [3.63, 3.8) is 0 Å². The van der Waals surface area contributed by atoms with Gasteiger partial charge >= 0.3 is 0 Å². The topological polar surface area (TPSA) is 92.5 Å². The van der Waals surface area contributed by atoms with E-state index in [0.717, 1.165) is 19.6 Å². The van der Waals surface area contributed by atoms with Crippen molar-refractivity contribution >= 4 is 17.4 Å². The number of benzene rings is 1. The maximum absolute atomic E-state index is 13.0. The molecule has 1 aromatic carbocycles.